The van der Waals surface area contributed by atoms with Gasteiger partial charge < -0.3 is 4.57 Å². The first-order valence-corrected chi connectivity index (χ1v) is 14.9. The Balaban J connectivity index is 1.48. The largest absolute Gasteiger partial charge is 0.309 e. The third kappa shape index (κ3) is 3.24. The number of aromatic nitrogens is 7. The van der Waals surface area contributed by atoms with Gasteiger partial charge in [0, 0.05) is 62.8 Å². The fourth-order valence-electron chi connectivity index (χ4n) is 7.18. The number of hydrogen-bond acceptors (Lipinski definition) is 4. The zero-order valence-electron chi connectivity index (χ0n) is 23.9. The topological polar surface area (TPSA) is 66.3 Å². The molecule has 0 aliphatic carbocycles. The molecule has 0 atom stereocenters. The van der Waals surface area contributed by atoms with E-state index >= 15 is 0 Å². The number of fused-ring (bicyclic) bond motifs is 11. The summed E-state index contributed by atoms with van der Waals surface area (Å²) in [7, 11) is 0. The predicted molar refractivity (Wildman–Crippen MR) is 181 cm³/mol. The summed E-state index contributed by atoms with van der Waals surface area (Å²) in [6, 6.07) is 40.3. The van der Waals surface area contributed by atoms with Crippen LogP contribution in [-0.2, 0) is 0 Å². The zero-order chi connectivity index (χ0) is 29.5. The minimum atomic E-state index is 0.627. The second kappa shape index (κ2) is 9.08. The molecule has 0 unspecified atom stereocenters. The molecule has 0 saturated carbocycles. The smallest absolute Gasteiger partial charge is 0.234 e. The van der Waals surface area contributed by atoms with Crippen LogP contribution in [0.2, 0.25) is 0 Å². The molecule has 0 aliphatic heterocycles. The molecule has 7 nitrogen and oxygen atoms in total. The molecule has 0 aliphatic rings. The fourth-order valence-corrected chi connectivity index (χ4v) is 7.18. The average molecular weight is 578 g/mol. The van der Waals surface area contributed by atoms with Crippen molar-refractivity contribution in [3.63, 3.8) is 0 Å². The van der Waals surface area contributed by atoms with Crippen LogP contribution in [0.15, 0.2) is 140 Å². The van der Waals surface area contributed by atoms with E-state index in [1.54, 1.807) is 12.4 Å². The maximum Gasteiger partial charge on any atom is 0.234 e. The SMILES string of the molecule is c1ccc(-n2c3ccccc3c3c2ccc2c4ccc5c(c6ccccc6n5-c5ncccn5)c4n(-c4ncccn4)c23)cc1. The Bertz CT molecular complexity index is 2570. The number of nitrogens with zero attached hydrogens (tertiary/aromatic N) is 7. The minimum Gasteiger partial charge on any atom is -0.309 e. The summed E-state index contributed by atoms with van der Waals surface area (Å²) >= 11 is 0. The van der Waals surface area contributed by atoms with Gasteiger partial charge in [-0.15, -0.1) is 0 Å². The van der Waals surface area contributed by atoms with Gasteiger partial charge in [-0.05, 0) is 48.5 Å². The van der Waals surface area contributed by atoms with Crippen molar-refractivity contribution in [1.29, 1.82) is 0 Å². The second-order valence-electron chi connectivity index (χ2n) is 11.2. The molecule has 0 saturated heterocycles. The summed E-state index contributed by atoms with van der Waals surface area (Å²) in [6.07, 6.45) is 7.20. The Labute approximate surface area is 256 Å². The lowest BCUT2D eigenvalue weighted by Crippen LogP contribution is -2.01. The van der Waals surface area contributed by atoms with E-state index in [0.29, 0.717) is 11.9 Å². The van der Waals surface area contributed by atoms with E-state index in [2.05, 4.69) is 127 Å². The van der Waals surface area contributed by atoms with Crippen molar-refractivity contribution in [3.05, 3.63) is 140 Å². The third-order valence-electron chi connectivity index (χ3n) is 8.88. The van der Waals surface area contributed by atoms with Crippen LogP contribution in [0.3, 0.4) is 0 Å². The van der Waals surface area contributed by atoms with E-state index in [1.807, 2.05) is 24.5 Å². The summed E-state index contributed by atoms with van der Waals surface area (Å²) in [4.78, 5) is 19.0. The highest BCUT2D eigenvalue weighted by Gasteiger charge is 2.25. The molecule has 0 radical (unpaired) electrons. The van der Waals surface area contributed by atoms with E-state index < -0.39 is 0 Å². The molecule has 0 fully saturated rings. The third-order valence-corrected chi connectivity index (χ3v) is 8.88. The fraction of sp³-hybridized carbons (Fsp3) is 0. The van der Waals surface area contributed by atoms with Crippen molar-refractivity contribution >= 4 is 65.4 Å². The van der Waals surface area contributed by atoms with Crippen molar-refractivity contribution in [2.24, 2.45) is 0 Å². The normalized spacial score (nSPS) is 12.0. The van der Waals surface area contributed by atoms with Crippen LogP contribution in [-0.4, -0.2) is 33.6 Å². The lowest BCUT2D eigenvalue weighted by molar-refractivity contribution is 0.986. The summed E-state index contributed by atoms with van der Waals surface area (Å²) in [5, 5.41) is 6.86. The zero-order valence-corrected chi connectivity index (χ0v) is 23.9. The van der Waals surface area contributed by atoms with Gasteiger partial charge in [0.25, 0.3) is 0 Å². The van der Waals surface area contributed by atoms with Crippen molar-refractivity contribution in [1.82, 2.24) is 33.6 Å². The van der Waals surface area contributed by atoms with E-state index in [-0.39, 0.29) is 0 Å². The molecule has 10 rings (SSSR count). The van der Waals surface area contributed by atoms with Crippen molar-refractivity contribution in [2.75, 3.05) is 0 Å². The van der Waals surface area contributed by atoms with Crippen LogP contribution in [0.5, 0.6) is 0 Å². The maximum absolute atomic E-state index is 4.84. The molecule has 0 bridgehead atoms. The van der Waals surface area contributed by atoms with Crippen molar-refractivity contribution in [3.8, 4) is 17.6 Å². The molecule has 5 aromatic carbocycles. The van der Waals surface area contributed by atoms with Gasteiger partial charge in [-0.25, -0.2) is 19.9 Å². The average Bonchev–Trinajstić information content (AvgIpc) is 3.75. The standard InChI is InChI=1S/C38H23N7/c1-2-10-24(11-3-1)43-29-14-6-4-12-27(29)33-31(43)18-16-25-26-17-19-32-34(36(26)45(35(25)33)38-41-22-9-23-42-38)28-13-5-7-15-30(28)44(32)37-39-20-8-21-40-37/h1-23H. The number of rotatable bonds is 3. The summed E-state index contributed by atoms with van der Waals surface area (Å²) < 4.78 is 6.76. The molecule has 0 spiro atoms. The summed E-state index contributed by atoms with van der Waals surface area (Å²) in [5.74, 6) is 1.26. The monoisotopic (exact) mass is 577 g/mol. The van der Waals surface area contributed by atoms with Gasteiger partial charge in [0.1, 0.15) is 0 Å². The number of hydrogen-bond donors (Lipinski definition) is 0. The van der Waals surface area contributed by atoms with E-state index in [0.717, 1.165) is 60.3 Å². The molecule has 45 heavy (non-hydrogen) atoms. The first-order chi connectivity index (χ1) is 22.4. The first kappa shape index (κ1) is 24.1. The second-order valence-corrected chi connectivity index (χ2v) is 11.2. The molecular weight excluding hydrogens is 554 g/mol. The van der Waals surface area contributed by atoms with Crippen LogP contribution >= 0.6 is 0 Å². The van der Waals surface area contributed by atoms with Crippen LogP contribution < -0.4 is 0 Å². The van der Waals surface area contributed by atoms with Gasteiger partial charge in [0.05, 0.1) is 33.1 Å². The van der Waals surface area contributed by atoms with E-state index in [4.69, 9.17) is 9.97 Å². The minimum absolute atomic E-state index is 0.627. The highest BCUT2D eigenvalue weighted by Crippen LogP contribution is 2.45. The maximum atomic E-state index is 4.84. The van der Waals surface area contributed by atoms with Crippen molar-refractivity contribution < 1.29 is 0 Å². The summed E-state index contributed by atoms with van der Waals surface area (Å²) in [6.45, 7) is 0. The lowest BCUT2D eigenvalue weighted by atomic mass is 10.1. The highest BCUT2D eigenvalue weighted by molar-refractivity contribution is 6.31. The van der Waals surface area contributed by atoms with Gasteiger partial charge in [-0.1, -0.05) is 66.7 Å². The van der Waals surface area contributed by atoms with E-state index in [1.165, 1.54) is 10.8 Å². The Kier molecular flexibility index (Phi) is 4.87. The molecule has 5 heterocycles. The molecule has 10 aromatic rings. The van der Waals surface area contributed by atoms with Gasteiger partial charge in [0.15, 0.2) is 0 Å². The molecule has 5 aromatic heterocycles. The van der Waals surface area contributed by atoms with Gasteiger partial charge in [-0.2, -0.15) is 0 Å². The molecule has 210 valence electrons. The van der Waals surface area contributed by atoms with Gasteiger partial charge in [0.2, 0.25) is 11.9 Å². The van der Waals surface area contributed by atoms with Crippen molar-refractivity contribution in [2.45, 2.75) is 0 Å². The Hall–Kier alpha value is -6.34. The Morgan fingerprint density at radius 1 is 0.333 bits per heavy atom. The quantitative estimate of drug-likeness (QED) is 0.211. The van der Waals surface area contributed by atoms with E-state index in [9.17, 15) is 0 Å². The van der Waals surface area contributed by atoms with Crippen LogP contribution in [0.4, 0.5) is 0 Å². The molecule has 0 N–H and O–H groups in total. The van der Waals surface area contributed by atoms with Gasteiger partial charge >= 0.3 is 0 Å². The number of para-hydroxylation sites is 3. The Morgan fingerprint density at radius 2 is 0.800 bits per heavy atom. The van der Waals surface area contributed by atoms with Crippen LogP contribution in [0, 0.1) is 0 Å². The number of benzene rings is 5. The van der Waals surface area contributed by atoms with Crippen LogP contribution in [0.1, 0.15) is 0 Å². The lowest BCUT2D eigenvalue weighted by Gasteiger charge is -2.09. The highest BCUT2D eigenvalue weighted by atomic mass is 15.2. The summed E-state index contributed by atoms with van der Waals surface area (Å²) in [5.41, 5.74) is 7.62. The first-order valence-electron chi connectivity index (χ1n) is 14.9. The van der Waals surface area contributed by atoms with Crippen LogP contribution in [0.25, 0.3) is 83.0 Å². The van der Waals surface area contributed by atoms with Gasteiger partial charge in [-0.3, -0.25) is 9.13 Å². The molecule has 0 amide bonds. The molecular formula is C38H23N7. The Morgan fingerprint density at radius 3 is 1.38 bits per heavy atom. The molecule has 7 heteroatoms. The predicted octanol–water partition coefficient (Wildman–Crippen LogP) is 8.56.